The van der Waals surface area contributed by atoms with E-state index in [2.05, 4.69) is 28.3 Å². The molecule has 0 fully saturated rings. The number of allylic oxidation sites excluding steroid dienone is 1. The first-order chi connectivity index (χ1) is 10.9. The van der Waals surface area contributed by atoms with Gasteiger partial charge in [0, 0.05) is 12.2 Å². The molecule has 2 atom stereocenters. The highest BCUT2D eigenvalue weighted by Crippen LogP contribution is 2.11. The highest BCUT2D eigenvalue weighted by molar-refractivity contribution is 5.94. The van der Waals surface area contributed by atoms with Crippen molar-refractivity contribution >= 4 is 11.5 Å². The number of aliphatic hydroxyl groups is 1. The molecule has 0 saturated heterocycles. The summed E-state index contributed by atoms with van der Waals surface area (Å²) in [5.74, 6) is 0.820. The van der Waals surface area contributed by atoms with Gasteiger partial charge in [-0.15, -0.1) is 0 Å². The Morgan fingerprint density at radius 2 is 2.04 bits per heavy atom. The Bertz CT molecular complexity index is 612. The minimum atomic E-state index is -0.502. The number of amidine groups is 1. The summed E-state index contributed by atoms with van der Waals surface area (Å²) in [5, 5.41) is 24.6. The van der Waals surface area contributed by atoms with E-state index in [4.69, 9.17) is 5.26 Å². The molecule has 122 valence electrons. The summed E-state index contributed by atoms with van der Waals surface area (Å²) >= 11 is 0. The maximum absolute atomic E-state index is 9.43. The molecular formula is C18H24N4O. The number of aliphatic imine (C=N–C) groups is 1. The Morgan fingerprint density at radius 3 is 2.61 bits per heavy atom. The Hall–Kier alpha value is -2.58. The molecule has 0 bridgehead atoms. The number of anilines is 1. The van der Waals surface area contributed by atoms with Crippen molar-refractivity contribution < 1.29 is 5.11 Å². The lowest BCUT2D eigenvalue weighted by Crippen LogP contribution is -2.30. The van der Waals surface area contributed by atoms with Crippen molar-refractivity contribution in [1.29, 1.82) is 5.26 Å². The predicted octanol–water partition coefficient (Wildman–Crippen LogP) is 3.04. The number of hydrogen-bond donors (Lipinski definition) is 3. The van der Waals surface area contributed by atoms with Crippen molar-refractivity contribution in [1.82, 2.24) is 5.32 Å². The predicted molar refractivity (Wildman–Crippen MR) is 94.9 cm³/mol. The maximum Gasteiger partial charge on any atom is 0.128 e. The summed E-state index contributed by atoms with van der Waals surface area (Å²) in [6.45, 7) is 9.65. The zero-order valence-corrected chi connectivity index (χ0v) is 13.9. The third-order valence-corrected chi connectivity index (χ3v) is 3.14. The number of rotatable bonds is 7. The smallest absolute Gasteiger partial charge is 0.128 e. The number of nitrogens with zero attached hydrogens (tertiary/aromatic N) is 2. The van der Waals surface area contributed by atoms with Gasteiger partial charge in [-0.1, -0.05) is 30.4 Å². The number of benzene rings is 1. The van der Waals surface area contributed by atoms with Crippen molar-refractivity contribution in [3.05, 3.63) is 54.4 Å². The molecule has 1 rings (SSSR count). The number of nitrogens with one attached hydrogen (secondary N) is 2. The van der Waals surface area contributed by atoms with Gasteiger partial charge in [0.25, 0.3) is 0 Å². The van der Waals surface area contributed by atoms with Crippen LogP contribution in [0.4, 0.5) is 5.69 Å². The fraction of sp³-hybridized carbons (Fsp3) is 0.333. The molecule has 0 amide bonds. The molecule has 0 spiro atoms. The van der Waals surface area contributed by atoms with E-state index < -0.39 is 6.10 Å². The number of hydrogen-bond acceptors (Lipinski definition) is 4. The van der Waals surface area contributed by atoms with Crippen LogP contribution in [0, 0.1) is 17.2 Å². The molecule has 3 N–H and O–H groups in total. The Labute approximate surface area is 138 Å². The van der Waals surface area contributed by atoms with Crippen LogP contribution in [0.3, 0.4) is 0 Å². The maximum atomic E-state index is 9.43. The molecule has 0 saturated carbocycles. The third-order valence-electron chi connectivity index (χ3n) is 3.14. The van der Waals surface area contributed by atoms with Crippen LogP contribution in [-0.2, 0) is 0 Å². The van der Waals surface area contributed by atoms with Crippen LogP contribution < -0.4 is 10.6 Å². The van der Waals surface area contributed by atoms with E-state index in [0.29, 0.717) is 18.2 Å². The van der Waals surface area contributed by atoms with E-state index >= 15 is 0 Å². The van der Waals surface area contributed by atoms with Gasteiger partial charge in [0.05, 0.1) is 18.1 Å². The van der Waals surface area contributed by atoms with Gasteiger partial charge in [-0.2, -0.15) is 5.26 Å². The largest absolute Gasteiger partial charge is 0.392 e. The monoisotopic (exact) mass is 312 g/mol. The van der Waals surface area contributed by atoms with Crippen LogP contribution in [0.15, 0.2) is 59.4 Å². The average molecular weight is 312 g/mol. The average Bonchev–Trinajstić information content (AvgIpc) is 2.52. The van der Waals surface area contributed by atoms with Crippen molar-refractivity contribution in [2.45, 2.75) is 26.9 Å². The van der Waals surface area contributed by atoms with Gasteiger partial charge in [0.15, 0.2) is 0 Å². The van der Waals surface area contributed by atoms with E-state index in [0.717, 1.165) is 11.3 Å². The van der Waals surface area contributed by atoms with Gasteiger partial charge in [0.1, 0.15) is 11.7 Å². The fourth-order valence-corrected chi connectivity index (χ4v) is 1.68. The van der Waals surface area contributed by atoms with Crippen LogP contribution in [0.25, 0.3) is 0 Å². The topological polar surface area (TPSA) is 80.4 Å². The Kier molecular flexibility index (Phi) is 7.58. The molecule has 0 aliphatic carbocycles. The van der Waals surface area contributed by atoms with E-state index in [1.807, 2.05) is 44.2 Å². The molecule has 0 heterocycles. The lowest BCUT2D eigenvalue weighted by molar-refractivity contribution is 0.198. The van der Waals surface area contributed by atoms with Gasteiger partial charge in [-0.05, 0) is 39.0 Å². The molecule has 0 aliphatic rings. The van der Waals surface area contributed by atoms with Crippen molar-refractivity contribution in [2.75, 3.05) is 11.9 Å². The number of para-hydroxylation sites is 1. The van der Waals surface area contributed by atoms with Crippen LogP contribution in [0.5, 0.6) is 0 Å². The SMILES string of the molecule is C=C(/N=C(\C=C(\C)C(C)C#N)NCC(C)O)Nc1ccccc1. The molecule has 5 nitrogen and oxygen atoms in total. The first-order valence-electron chi connectivity index (χ1n) is 7.51. The van der Waals surface area contributed by atoms with E-state index in [9.17, 15) is 5.11 Å². The van der Waals surface area contributed by atoms with Crippen molar-refractivity contribution in [3.63, 3.8) is 0 Å². The van der Waals surface area contributed by atoms with Crippen LogP contribution >= 0.6 is 0 Å². The lowest BCUT2D eigenvalue weighted by atomic mass is 10.0. The minimum Gasteiger partial charge on any atom is -0.392 e. The van der Waals surface area contributed by atoms with Gasteiger partial charge >= 0.3 is 0 Å². The lowest BCUT2D eigenvalue weighted by Gasteiger charge is -2.12. The summed E-state index contributed by atoms with van der Waals surface area (Å²) in [7, 11) is 0. The van der Waals surface area contributed by atoms with Crippen molar-refractivity contribution in [3.8, 4) is 6.07 Å². The summed E-state index contributed by atoms with van der Waals surface area (Å²) in [4.78, 5) is 4.40. The highest BCUT2D eigenvalue weighted by Gasteiger charge is 2.06. The number of nitriles is 1. The molecular weight excluding hydrogens is 288 g/mol. The summed E-state index contributed by atoms with van der Waals surface area (Å²) < 4.78 is 0. The standard InChI is InChI=1S/C18H24N4O/c1-13(14(2)11-19)10-18(20-12-15(3)23)22-16(4)21-17-8-6-5-7-9-17/h5-10,14-15,21,23H,4,12H2,1-3H3,(H,20,22)/b13-10-. The van der Waals surface area contributed by atoms with Gasteiger partial charge in [0.2, 0.25) is 0 Å². The highest BCUT2D eigenvalue weighted by atomic mass is 16.3. The van der Waals surface area contributed by atoms with E-state index in [1.165, 1.54) is 0 Å². The summed E-state index contributed by atoms with van der Waals surface area (Å²) in [6, 6.07) is 11.8. The quantitative estimate of drug-likeness (QED) is 0.534. The van der Waals surface area contributed by atoms with Crippen LogP contribution in [-0.4, -0.2) is 23.6 Å². The van der Waals surface area contributed by atoms with Crippen LogP contribution in [0.1, 0.15) is 20.8 Å². The van der Waals surface area contributed by atoms with Crippen molar-refractivity contribution in [2.24, 2.45) is 10.9 Å². The second-order valence-electron chi connectivity index (χ2n) is 5.40. The second kappa shape index (κ2) is 9.44. The van der Waals surface area contributed by atoms with Gasteiger partial charge < -0.3 is 15.7 Å². The molecule has 0 aromatic heterocycles. The first-order valence-corrected chi connectivity index (χ1v) is 7.51. The molecule has 0 radical (unpaired) electrons. The minimum absolute atomic E-state index is 0.205. The molecule has 2 unspecified atom stereocenters. The third kappa shape index (κ3) is 7.30. The molecule has 1 aromatic carbocycles. The van der Waals surface area contributed by atoms with E-state index in [1.54, 1.807) is 13.0 Å². The molecule has 0 aliphatic heterocycles. The molecule has 23 heavy (non-hydrogen) atoms. The molecule has 1 aromatic rings. The fourth-order valence-electron chi connectivity index (χ4n) is 1.68. The van der Waals surface area contributed by atoms with Gasteiger partial charge in [-0.25, -0.2) is 4.99 Å². The zero-order valence-electron chi connectivity index (χ0n) is 13.9. The normalized spacial score (nSPS) is 14.6. The first kappa shape index (κ1) is 18.5. The number of aliphatic hydroxyl groups excluding tert-OH is 1. The zero-order chi connectivity index (χ0) is 17.2. The van der Waals surface area contributed by atoms with Crippen LogP contribution in [0.2, 0.25) is 0 Å². The summed E-state index contributed by atoms with van der Waals surface area (Å²) in [6.07, 6.45) is 1.30. The summed E-state index contributed by atoms with van der Waals surface area (Å²) in [5.41, 5.74) is 1.78. The second-order valence-corrected chi connectivity index (χ2v) is 5.40. The molecule has 5 heteroatoms. The van der Waals surface area contributed by atoms with Gasteiger partial charge in [-0.3, -0.25) is 0 Å². The Balaban J connectivity index is 2.89. The van der Waals surface area contributed by atoms with E-state index in [-0.39, 0.29) is 5.92 Å². The Morgan fingerprint density at radius 1 is 1.39 bits per heavy atom.